The fraction of sp³-hybridized carbons (Fsp3) is 0.333. The summed E-state index contributed by atoms with van der Waals surface area (Å²) in [5.41, 5.74) is 1.45. The number of halogens is 1. The predicted octanol–water partition coefficient (Wildman–Crippen LogP) is 4.52. The average molecular weight is 512 g/mol. The van der Waals surface area contributed by atoms with Crippen LogP contribution in [0.1, 0.15) is 19.4 Å². The van der Waals surface area contributed by atoms with Crippen LogP contribution in [0.4, 0.5) is 10.5 Å². The molecule has 2 rings (SSSR count). The van der Waals surface area contributed by atoms with Crippen molar-refractivity contribution in [2.75, 3.05) is 24.8 Å². The van der Waals surface area contributed by atoms with Gasteiger partial charge in [-0.2, -0.15) is 0 Å². The van der Waals surface area contributed by atoms with Crippen molar-refractivity contribution in [3.63, 3.8) is 0 Å². The van der Waals surface area contributed by atoms with Crippen LogP contribution < -0.4 is 16.0 Å². The molecule has 31 heavy (non-hydrogen) atoms. The van der Waals surface area contributed by atoms with E-state index in [9.17, 15) is 14.2 Å². The molecule has 0 radical (unpaired) electrons. The first-order valence-electron chi connectivity index (χ1n) is 9.88. The van der Waals surface area contributed by atoms with Crippen LogP contribution in [-0.4, -0.2) is 37.5 Å². The van der Waals surface area contributed by atoms with Gasteiger partial charge >= 0.3 is 13.6 Å². The number of rotatable bonds is 11. The normalized spacial score (nSPS) is 12.1. The van der Waals surface area contributed by atoms with Crippen molar-refractivity contribution in [3.8, 4) is 0 Å². The van der Waals surface area contributed by atoms with Crippen molar-refractivity contribution >= 4 is 41.2 Å². The lowest BCUT2D eigenvalue weighted by Crippen LogP contribution is -2.49. The standard InChI is InChI=1S/C21H27BrN3O5P/c1-3-29-31(28,30-4-2)15-23-20(26)19(14-16-8-6-5-7-9-16)25-21(27)24-18-12-10-17(22)11-13-18/h5-13,19H,3-4,14-15H2,1-2H3,(H,23,26)(H2,24,25,27)/t19-/m0/s1. The molecule has 0 saturated carbocycles. The molecule has 0 spiro atoms. The molecule has 168 valence electrons. The number of nitrogens with one attached hydrogen (secondary N) is 3. The third kappa shape index (κ3) is 8.83. The number of urea groups is 1. The van der Waals surface area contributed by atoms with Crippen LogP contribution in [0, 0.1) is 0 Å². The Labute approximate surface area is 190 Å². The molecule has 2 aromatic rings. The number of hydrogen-bond donors (Lipinski definition) is 3. The van der Waals surface area contributed by atoms with E-state index in [0.29, 0.717) is 5.69 Å². The zero-order valence-corrected chi connectivity index (χ0v) is 19.9. The quantitative estimate of drug-likeness (QED) is 0.384. The maximum absolute atomic E-state index is 12.8. The number of benzene rings is 2. The summed E-state index contributed by atoms with van der Waals surface area (Å²) in [7, 11) is -3.45. The Morgan fingerprint density at radius 2 is 1.61 bits per heavy atom. The lowest BCUT2D eigenvalue weighted by Gasteiger charge is -2.21. The van der Waals surface area contributed by atoms with Crippen molar-refractivity contribution in [2.24, 2.45) is 0 Å². The Bertz CT molecular complexity index is 886. The SMILES string of the molecule is CCOP(=O)(CNC(=O)[C@H](Cc1ccccc1)NC(=O)Nc1ccc(Br)cc1)OCC. The number of hydrogen-bond acceptors (Lipinski definition) is 5. The van der Waals surface area contributed by atoms with Gasteiger partial charge in [0.2, 0.25) is 5.91 Å². The summed E-state index contributed by atoms with van der Waals surface area (Å²) in [6.07, 6.45) is -0.0250. The van der Waals surface area contributed by atoms with Crippen LogP contribution in [0.2, 0.25) is 0 Å². The summed E-state index contributed by atoms with van der Waals surface area (Å²) >= 11 is 3.34. The summed E-state index contributed by atoms with van der Waals surface area (Å²) in [6, 6.07) is 14.9. The molecule has 2 aromatic carbocycles. The van der Waals surface area contributed by atoms with Gasteiger partial charge in [0.15, 0.2) is 0 Å². The van der Waals surface area contributed by atoms with Crippen molar-refractivity contribution in [2.45, 2.75) is 26.3 Å². The van der Waals surface area contributed by atoms with Crippen molar-refractivity contribution in [3.05, 3.63) is 64.6 Å². The van der Waals surface area contributed by atoms with Crippen LogP contribution >= 0.6 is 23.5 Å². The molecule has 0 aliphatic heterocycles. The van der Waals surface area contributed by atoms with Gasteiger partial charge < -0.3 is 25.0 Å². The van der Waals surface area contributed by atoms with E-state index >= 15 is 0 Å². The predicted molar refractivity (Wildman–Crippen MR) is 124 cm³/mol. The number of anilines is 1. The Kier molecular flexibility index (Phi) is 10.2. The highest BCUT2D eigenvalue weighted by atomic mass is 79.9. The monoisotopic (exact) mass is 511 g/mol. The van der Waals surface area contributed by atoms with Gasteiger partial charge in [-0.25, -0.2) is 4.79 Å². The molecule has 0 aliphatic rings. The lowest BCUT2D eigenvalue weighted by molar-refractivity contribution is -0.122. The fourth-order valence-corrected chi connectivity index (χ4v) is 4.40. The molecule has 0 unspecified atom stereocenters. The first-order valence-corrected chi connectivity index (χ1v) is 12.4. The van der Waals surface area contributed by atoms with Crippen LogP contribution in [0.15, 0.2) is 59.1 Å². The van der Waals surface area contributed by atoms with Gasteiger partial charge in [0.05, 0.1) is 13.2 Å². The lowest BCUT2D eigenvalue weighted by atomic mass is 10.1. The second-order valence-corrected chi connectivity index (χ2v) is 9.46. The van der Waals surface area contributed by atoms with E-state index in [1.807, 2.05) is 30.3 Å². The van der Waals surface area contributed by atoms with E-state index in [1.54, 1.807) is 38.1 Å². The summed E-state index contributed by atoms with van der Waals surface area (Å²) < 4.78 is 23.9. The zero-order valence-electron chi connectivity index (χ0n) is 17.5. The molecule has 8 nitrogen and oxygen atoms in total. The minimum absolute atomic E-state index is 0.189. The molecule has 0 aliphatic carbocycles. The van der Waals surface area contributed by atoms with Crippen molar-refractivity contribution < 1.29 is 23.2 Å². The molecule has 10 heteroatoms. The zero-order chi connectivity index (χ0) is 22.7. The van der Waals surface area contributed by atoms with Crippen LogP contribution in [0.25, 0.3) is 0 Å². The fourth-order valence-electron chi connectivity index (χ4n) is 2.74. The summed E-state index contributed by atoms with van der Waals surface area (Å²) in [5.74, 6) is -0.491. The van der Waals surface area contributed by atoms with Gasteiger partial charge in [0, 0.05) is 16.6 Å². The van der Waals surface area contributed by atoms with Gasteiger partial charge in [-0.1, -0.05) is 46.3 Å². The highest BCUT2D eigenvalue weighted by Gasteiger charge is 2.27. The Morgan fingerprint density at radius 1 is 1.00 bits per heavy atom. The van der Waals surface area contributed by atoms with Gasteiger partial charge in [0.25, 0.3) is 0 Å². The highest BCUT2D eigenvalue weighted by molar-refractivity contribution is 9.10. The van der Waals surface area contributed by atoms with Crippen molar-refractivity contribution in [1.82, 2.24) is 10.6 Å². The molecule has 3 amide bonds. The molecule has 0 bridgehead atoms. The van der Waals surface area contributed by atoms with Crippen LogP contribution in [-0.2, 0) is 24.8 Å². The van der Waals surface area contributed by atoms with E-state index in [1.165, 1.54) is 0 Å². The van der Waals surface area contributed by atoms with Gasteiger partial charge in [-0.05, 0) is 43.7 Å². The molecule has 0 heterocycles. The van der Waals surface area contributed by atoms with Crippen molar-refractivity contribution in [1.29, 1.82) is 0 Å². The first-order chi connectivity index (χ1) is 14.8. The largest absolute Gasteiger partial charge is 0.349 e. The summed E-state index contributed by atoms with van der Waals surface area (Å²) in [4.78, 5) is 25.3. The number of amides is 3. The van der Waals surface area contributed by atoms with Gasteiger partial charge in [-0.3, -0.25) is 9.36 Å². The molecule has 1 atom stereocenters. The highest BCUT2D eigenvalue weighted by Crippen LogP contribution is 2.46. The number of carbonyl (C=O) groups excluding carboxylic acids is 2. The smallest absolute Gasteiger partial charge is 0.343 e. The van der Waals surface area contributed by atoms with E-state index in [0.717, 1.165) is 10.0 Å². The van der Waals surface area contributed by atoms with E-state index in [2.05, 4.69) is 31.9 Å². The molecular weight excluding hydrogens is 485 g/mol. The molecule has 0 aromatic heterocycles. The second-order valence-electron chi connectivity index (χ2n) is 6.49. The minimum atomic E-state index is -3.45. The summed E-state index contributed by atoms with van der Waals surface area (Å²) in [5, 5.41) is 7.97. The molecule has 0 saturated heterocycles. The Hall–Kier alpha value is -2.19. The molecule has 3 N–H and O–H groups in total. The average Bonchev–Trinajstić information content (AvgIpc) is 2.74. The topological polar surface area (TPSA) is 106 Å². The molecular formula is C21H27BrN3O5P. The minimum Gasteiger partial charge on any atom is -0.343 e. The third-order valence-corrected chi connectivity index (χ3v) is 6.48. The van der Waals surface area contributed by atoms with Crippen LogP contribution in [0.3, 0.4) is 0 Å². The Balaban J connectivity index is 2.07. The maximum Gasteiger partial charge on any atom is 0.349 e. The Morgan fingerprint density at radius 3 is 2.19 bits per heavy atom. The molecule has 0 fully saturated rings. The van der Waals surface area contributed by atoms with Gasteiger partial charge in [-0.15, -0.1) is 0 Å². The van der Waals surface area contributed by atoms with E-state index < -0.39 is 25.6 Å². The number of carbonyl (C=O) groups is 2. The van der Waals surface area contributed by atoms with Crippen LogP contribution in [0.5, 0.6) is 0 Å². The third-order valence-electron chi connectivity index (χ3n) is 4.11. The van der Waals surface area contributed by atoms with E-state index in [-0.39, 0.29) is 25.9 Å². The van der Waals surface area contributed by atoms with Gasteiger partial charge in [0.1, 0.15) is 12.3 Å². The van der Waals surface area contributed by atoms with E-state index in [4.69, 9.17) is 9.05 Å². The first kappa shape index (κ1) is 25.1. The summed E-state index contributed by atoms with van der Waals surface area (Å²) in [6.45, 7) is 3.77. The maximum atomic E-state index is 12.8. The second kappa shape index (κ2) is 12.6.